The minimum atomic E-state index is -2.65. The van der Waals surface area contributed by atoms with Gasteiger partial charge in [-0.1, -0.05) is 110 Å². The van der Waals surface area contributed by atoms with Crippen LogP contribution in [0.4, 0.5) is 10.5 Å². The summed E-state index contributed by atoms with van der Waals surface area (Å²) in [5.41, 5.74) is 1.21. The number of amides is 2. The second-order valence-corrected chi connectivity index (χ2v) is 28.8. The summed E-state index contributed by atoms with van der Waals surface area (Å²) in [5.74, 6) is -3.43. The van der Waals surface area contributed by atoms with Crippen LogP contribution in [0.3, 0.4) is 0 Å². The largest absolute Gasteiger partial charge is 0.508 e. The zero-order chi connectivity index (χ0) is 56.7. The molecule has 5 atom stereocenters. The van der Waals surface area contributed by atoms with E-state index in [2.05, 4.69) is 46.5 Å². The van der Waals surface area contributed by atoms with Crippen LogP contribution in [0, 0.1) is 34.3 Å². The number of hydrogen-bond donors (Lipinski definition) is 0. The highest BCUT2D eigenvalue weighted by Gasteiger charge is 2.50. The van der Waals surface area contributed by atoms with Gasteiger partial charge < -0.3 is 23.4 Å². The molecule has 0 saturated carbocycles. The number of unbranched alkanes of at least 4 members (excludes halogenated alkanes) is 7. The maximum atomic E-state index is 15.4. The molecule has 2 aromatic carbocycles. The van der Waals surface area contributed by atoms with E-state index in [1.165, 1.54) is 35.3 Å². The fourth-order valence-electron chi connectivity index (χ4n) is 9.52. The molecule has 5 rings (SSSR count). The van der Waals surface area contributed by atoms with E-state index in [0.29, 0.717) is 38.6 Å². The predicted molar refractivity (Wildman–Crippen MR) is 300 cm³/mol. The van der Waals surface area contributed by atoms with Crippen molar-refractivity contribution < 1.29 is 57.1 Å². The maximum Gasteiger partial charge on any atom is 0.508 e. The van der Waals surface area contributed by atoms with Crippen molar-refractivity contribution in [3.63, 3.8) is 0 Å². The van der Waals surface area contributed by atoms with Crippen LogP contribution in [0.2, 0.25) is 18.1 Å². The van der Waals surface area contributed by atoms with Crippen molar-refractivity contribution in [1.29, 1.82) is 0 Å². The molecule has 0 fully saturated rings. The zero-order valence-corrected chi connectivity index (χ0v) is 48.8. The fourth-order valence-corrected chi connectivity index (χ4v) is 11.8. The van der Waals surface area contributed by atoms with Crippen molar-refractivity contribution in [3.8, 4) is 5.75 Å². The first kappa shape index (κ1) is 62.0. The van der Waals surface area contributed by atoms with E-state index >= 15 is 4.79 Å². The second kappa shape index (κ2) is 28.2. The first-order chi connectivity index (χ1) is 36.3. The molecule has 1 aromatic heterocycles. The van der Waals surface area contributed by atoms with E-state index in [4.69, 9.17) is 28.4 Å². The minimum Gasteiger partial charge on any atom is -0.457 e. The Morgan fingerprint density at radius 1 is 0.974 bits per heavy atom. The standard InChI is InChI=1S/C59H81N3O13SSi/c1-12-22-44-55(74-57(68)71-38-42-27-30-48(46(35-42)62(69)70)73-53(65)25-19-17-15-13-14-16-18-20-34-61-51(63)32-33-52(61)64)40(3)24-21-23-39(2)26-29-47(43-28-31-49-45(36-43)60-41(4)76-49)72-54(66)37-50(59(8,9)56(44)67)75-77(10,11)58(5,6)7/h12,26-28,30-33,35-36,40,44,47,50,55H,1,13-25,29,34,37-38H2,2-11H3/b39-26+/t40-,44+,47-,50-,55-/m0/s1. The Morgan fingerprint density at radius 2 is 1.64 bits per heavy atom. The number of cyclic esters (lactones) is 1. The number of imide groups is 1. The van der Waals surface area contributed by atoms with E-state index in [0.717, 1.165) is 71.3 Å². The van der Waals surface area contributed by atoms with Crippen LogP contribution >= 0.6 is 11.3 Å². The van der Waals surface area contributed by atoms with Gasteiger partial charge in [0.2, 0.25) is 5.75 Å². The lowest BCUT2D eigenvalue weighted by Gasteiger charge is -2.45. The maximum absolute atomic E-state index is 15.4. The average Bonchev–Trinajstić information content (AvgIpc) is 3.90. The van der Waals surface area contributed by atoms with Gasteiger partial charge in [0.05, 0.1) is 38.6 Å². The number of aromatic nitrogens is 1. The van der Waals surface area contributed by atoms with Crippen molar-refractivity contribution in [2.75, 3.05) is 6.54 Å². The highest BCUT2D eigenvalue weighted by Crippen LogP contribution is 2.44. The van der Waals surface area contributed by atoms with Gasteiger partial charge in [0, 0.05) is 43.0 Å². The van der Waals surface area contributed by atoms with Gasteiger partial charge in [0.1, 0.15) is 24.6 Å². The molecule has 0 unspecified atom stereocenters. The minimum absolute atomic E-state index is 0.0747. The number of hydrogen-bond acceptors (Lipinski definition) is 15. The van der Waals surface area contributed by atoms with Gasteiger partial charge in [-0.2, -0.15) is 0 Å². The van der Waals surface area contributed by atoms with E-state index in [9.17, 15) is 34.1 Å². The molecule has 77 heavy (non-hydrogen) atoms. The molecule has 16 nitrogen and oxygen atoms in total. The zero-order valence-electron chi connectivity index (χ0n) is 46.9. The van der Waals surface area contributed by atoms with Gasteiger partial charge in [0.25, 0.3) is 11.8 Å². The number of fused-ring (bicyclic) bond motifs is 1. The number of nitro benzene ring substituents is 1. The lowest BCUT2D eigenvalue weighted by molar-refractivity contribution is -0.385. The van der Waals surface area contributed by atoms with Crippen LogP contribution in [0.1, 0.15) is 167 Å². The summed E-state index contributed by atoms with van der Waals surface area (Å²) < 4.78 is 31.6. The first-order valence-corrected chi connectivity index (χ1v) is 30.9. The van der Waals surface area contributed by atoms with Crippen LogP contribution in [-0.2, 0) is 49.2 Å². The molecule has 2 amide bonds. The summed E-state index contributed by atoms with van der Waals surface area (Å²) in [5, 5.41) is 12.9. The molecule has 0 saturated heterocycles. The monoisotopic (exact) mass is 1100 g/mol. The summed E-state index contributed by atoms with van der Waals surface area (Å²) in [6.07, 6.45) is 11.9. The number of nitrogens with zero attached hydrogens (tertiary/aromatic N) is 3. The number of benzene rings is 2. The summed E-state index contributed by atoms with van der Waals surface area (Å²) in [6.45, 7) is 23.9. The number of rotatable bonds is 21. The lowest BCUT2D eigenvalue weighted by atomic mass is 9.71. The Kier molecular flexibility index (Phi) is 22.7. The summed E-state index contributed by atoms with van der Waals surface area (Å²) in [7, 11) is -2.65. The number of thiazole rings is 1. The molecule has 0 N–H and O–H groups in total. The van der Waals surface area contributed by atoms with E-state index in [-0.39, 0.29) is 59.1 Å². The molecule has 3 aromatic rings. The Hall–Kier alpha value is -5.85. The number of esters is 2. The molecule has 0 aliphatic carbocycles. The average molecular weight is 1100 g/mol. The molecule has 18 heteroatoms. The van der Waals surface area contributed by atoms with Crippen molar-refractivity contribution in [2.45, 2.75) is 195 Å². The Morgan fingerprint density at radius 3 is 2.29 bits per heavy atom. The number of aryl methyl sites for hydroxylation is 1. The molecule has 3 heterocycles. The number of carbonyl (C=O) groups is 6. The van der Waals surface area contributed by atoms with Crippen molar-refractivity contribution >= 4 is 71.2 Å². The van der Waals surface area contributed by atoms with Gasteiger partial charge in [-0.3, -0.25) is 39.0 Å². The van der Waals surface area contributed by atoms with Gasteiger partial charge in [-0.05, 0) is 106 Å². The Balaban J connectivity index is 1.26. The van der Waals surface area contributed by atoms with Gasteiger partial charge in [0.15, 0.2) is 8.32 Å². The molecule has 420 valence electrons. The van der Waals surface area contributed by atoms with E-state index in [1.807, 2.05) is 39.0 Å². The number of Topliss-reactive ketones (excluding diaryl/α,β-unsaturated/α-hetero) is 1. The first-order valence-electron chi connectivity index (χ1n) is 27.2. The number of nitro groups is 1. The van der Waals surface area contributed by atoms with Crippen LogP contribution in [-0.4, -0.2) is 77.6 Å². The third-order valence-corrected chi connectivity index (χ3v) is 20.7. The molecule has 0 radical (unpaired) electrons. The van der Waals surface area contributed by atoms with Gasteiger partial charge in [-0.15, -0.1) is 17.9 Å². The van der Waals surface area contributed by atoms with Crippen LogP contribution < -0.4 is 4.74 Å². The van der Waals surface area contributed by atoms with Crippen molar-refractivity contribution in [1.82, 2.24) is 9.88 Å². The van der Waals surface area contributed by atoms with Crippen LogP contribution in [0.25, 0.3) is 10.2 Å². The van der Waals surface area contributed by atoms with Gasteiger partial charge >= 0.3 is 23.8 Å². The second-order valence-electron chi connectivity index (χ2n) is 22.8. The topological polar surface area (TPSA) is 208 Å². The predicted octanol–water partition coefficient (Wildman–Crippen LogP) is 13.9. The van der Waals surface area contributed by atoms with E-state index < -0.39 is 73.3 Å². The SMILES string of the molecule is C=CC[C@H]1C(=O)C(C)(C)[C@@H](O[Si](C)(C)C(C)(C)C)CC(=O)O[C@H](c2ccc3sc(C)nc3c2)C/C=C(\C)CCC[C@H](C)[C@@H]1OC(=O)OCc1ccc(OC(=O)CCCCCCCCCCN2C(=O)C=CC2=O)c([N+](=O)[O-])c1. The van der Waals surface area contributed by atoms with Crippen molar-refractivity contribution in [3.05, 3.63) is 99.1 Å². The summed E-state index contributed by atoms with van der Waals surface area (Å²) in [4.78, 5) is 97.1. The van der Waals surface area contributed by atoms with Crippen LogP contribution in [0.5, 0.6) is 5.75 Å². The summed E-state index contributed by atoms with van der Waals surface area (Å²) in [6, 6.07) is 9.91. The number of ether oxygens (including phenoxy) is 4. The number of allylic oxidation sites excluding steroid dienone is 2. The molecule has 2 aliphatic rings. The smallest absolute Gasteiger partial charge is 0.457 e. The third-order valence-electron chi connectivity index (χ3n) is 15.3. The fraction of sp³-hybridized carbons (Fsp3) is 0.576. The third kappa shape index (κ3) is 17.8. The van der Waals surface area contributed by atoms with Crippen molar-refractivity contribution in [2.24, 2.45) is 17.3 Å². The molecule has 0 bridgehead atoms. The van der Waals surface area contributed by atoms with Gasteiger partial charge in [-0.25, -0.2) is 9.78 Å². The number of ketones is 1. The molecule has 2 aliphatic heterocycles. The lowest BCUT2D eigenvalue weighted by Crippen LogP contribution is -2.53. The molecule has 0 spiro atoms. The normalized spacial score (nSPS) is 21.6. The highest BCUT2D eigenvalue weighted by molar-refractivity contribution is 7.18. The quantitative estimate of drug-likeness (QED) is 0.0142. The summed E-state index contributed by atoms with van der Waals surface area (Å²) >= 11 is 1.60. The van der Waals surface area contributed by atoms with Crippen LogP contribution in [0.15, 0.2) is 72.9 Å². The van der Waals surface area contributed by atoms with E-state index in [1.54, 1.807) is 31.3 Å². The molecular weight excluding hydrogens is 1020 g/mol. The highest BCUT2D eigenvalue weighted by atomic mass is 32.1. The molecular formula is C59H81N3O13SSi. The number of carbonyl (C=O) groups excluding carboxylic acids is 6. The Labute approximate surface area is 459 Å². The Bertz CT molecular complexity index is 2650.